The van der Waals surface area contributed by atoms with Gasteiger partial charge in [0.1, 0.15) is 11.4 Å². The zero-order chi connectivity index (χ0) is 11.4. The highest BCUT2D eigenvalue weighted by molar-refractivity contribution is 5.80. The van der Waals surface area contributed by atoms with Crippen LogP contribution in [0, 0.1) is 6.92 Å². The molecule has 1 aromatic heterocycles. The quantitative estimate of drug-likeness (QED) is 0.778. The summed E-state index contributed by atoms with van der Waals surface area (Å²) in [5, 5.41) is 9.58. The van der Waals surface area contributed by atoms with Crippen LogP contribution in [0.2, 0.25) is 0 Å². The van der Waals surface area contributed by atoms with E-state index in [1.807, 2.05) is 37.3 Å². The van der Waals surface area contributed by atoms with Crippen LogP contribution in [-0.2, 0) is 0 Å². The SMILES string of the molecule is Cc1ccc(O)c(/N=C/c2ccccn2)c1. The van der Waals surface area contributed by atoms with Gasteiger partial charge in [-0.05, 0) is 36.8 Å². The molecule has 3 nitrogen and oxygen atoms in total. The van der Waals surface area contributed by atoms with Gasteiger partial charge in [-0.2, -0.15) is 0 Å². The molecule has 0 unspecified atom stereocenters. The number of phenolic OH excluding ortho intramolecular Hbond substituents is 1. The number of nitrogens with zero attached hydrogens (tertiary/aromatic N) is 2. The lowest BCUT2D eigenvalue weighted by atomic mass is 10.2. The largest absolute Gasteiger partial charge is 0.506 e. The smallest absolute Gasteiger partial charge is 0.141 e. The van der Waals surface area contributed by atoms with E-state index in [1.54, 1.807) is 18.5 Å². The second kappa shape index (κ2) is 4.57. The molecule has 0 aliphatic carbocycles. The first kappa shape index (κ1) is 10.4. The molecule has 0 bridgehead atoms. The molecule has 0 atom stereocenters. The van der Waals surface area contributed by atoms with Crippen molar-refractivity contribution in [1.82, 2.24) is 4.98 Å². The van der Waals surface area contributed by atoms with E-state index in [0.717, 1.165) is 11.3 Å². The number of aliphatic imine (C=N–C) groups is 1. The zero-order valence-corrected chi connectivity index (χ0v) is 8.96. The summed E-state index contributed by atoms with van der Waals surface area (Å²) in [5.74, 6) is 0.179. The second-order valence-corrected chi connectivity index (χ2v) is 3.50. The monoisotopic (exact) mass is 212 g/mol. The molecular weight excluding hydrogens is 200 g/mol. The average molecular weight is 212 g/mol. The molecule has 1 heterocycles. The van der Waals surface area contributed by atoms with Gasteiger partial charge in [0, 0.05) is 6.20 Å². The Kier molecular flexibility index (Phi) is 2.96. The fourth-order valence-electron chi connectivity index (χ4n) is 1.32. The summed E-state index contributed by atoms with van der Waals surface area (Å²) in [7, 11) is 0. The van der Waals surface area contributed by atoms with Crippen molar-refractivity contribution in [2.75, 3.05) is 0 Å². The number of pyridine rings is 1. The van der Waals surface area contributed by atoms with Gasteiger partial charge in [-0.25, -0.2) is 0 Å². The van der Waals surface area contributed by atoms with Crippen molar-refractivity contribution in [2.24, 2.45) is 4.99 Å². The van der Waals surface area contributed by atoms with E-state index in [-0.39, 0.29) is 5.75 Å². The van der Waals surface area contributed by atoms with Crippen molar-refractivity contribution in [1.29, 1.82) is 0 Å². The summed E-state index contributed by atoms with van der Waals surface area (Å²) in [6.07, 6.45) is 3.34. The Morgan fingerprint density at radius 1 is 1.25 bits per heavy atom. The van der Waals surface area contributed by atoms with Crippen molar-refractivity contribution in [2.45, 2.75) is 6.92 Å². The lowest BCUT2D eigenvalue weighted by Crippen LogP contribution is -1.84. The second-order valence-electron chi connectivity index (χ2n) is 3.50. The van der Waals surface area contributed by atoms with Crippen LogP contribution >= 0.6 is 0 Å². The molecule has 2 rings (SSSR count). The Morgan fingerprint density at radius 3 is 2.88 bits per heavy atom. The van der Waals surface area contributed by atoms with Crippen LogP contribution in [0.15, 0.2) is 47.6 Å². The molecule has 0 amide bonds. The molecule has 16 heavy (non-hydrogen) atoms. The molecule has 1 aromatic carbocycles. The summed E-state index contributed by atoms with van der Waals surface area (Å²) < 4.78 is 0. The van der Waals surface area contributed by atoms with Crippen molar-refractivity contribution in [3.8, 4) is 5.75 Å². The average Bonchev–Trinajstić information content (AvgIpc) is 2.32. The molecule has 0 spiro atoms. The minimum Gasteiger partial charge on any atom is -0.506 e. The Labute approximate surface area is 94.1 Å². The molecular formula is C13H12N2O. The molecule has 0 aliphatic heterocycles. The number of hydrogen-bond acceptors (Lipinski definition) is 3. The van der Waals surface area contributed by atoms with Crippen LogP contribution in [0.1, 0.15) is 11.3 Å². The van der Waals surface area contributed by atoms with Gasteiger partial charge in [-0.1, -0.05) is 12.1 Å². The minimum absolute atomic E-state index is 0.179. The lowest BCUT2D eigenvalue weighted by Gasteiger charge is -1.99. The van der Waals surface area contributed by atoms with Gasteiger partial charge in [0.15, 0.2) is 0 Å². The first-order valence-electron chi connectivity index (χ1n) is 5.00. The number of rotatable bonds is 2. The van der Waals surface area contributed by atoms with Crippen molar-refractivity contribution in [3.63, 3.8) is 0 Å². The van der Waals surface area contributed by atoms with Crippen molar-refractivity contribution < 1.29 is 5.11 Å². The Morgan fingerprint density at radius 2 is 2.12 bits per heavy atom. The van der Waals surface area contributed by atoms with Crippen LogP contribution in [0.3, 0.4) is 0 Å². The van der Waals surface area contributed by atoms with Gasteiger partial charge < -0.3 is 5.11 Å². The number of phenols is 1. The van der Waals surface area contributed by atoms with Gasteiger partial charge in [-0.15, -0.1) is 0 Å². The summed E-state index contributed by atoms with van der Waals surface area (Å²) in [4.78, 5) is 8.31. The standard InChI is InChI=1S/C13H12N2O/c1-10-5-6-13(16)12(8-10)15-9-11-4-2-3-7-14-11/h2-9,16H,1H3/b15-9+. The highest BCUT2D eigenvalue weighted by atomic mass is 16.3. The fraction of sp³-hybridized carbons (Fsp3) is 0.0769. The van der Waals surface area contributed by atoms with Crippen LogP contribution < -0.4 is 0 Å². The Balaban J connectivity index is 2.27. The predicted octanol–water partition coefficient (Wildman–Crippen LogP) is 2.85. The van der Waals surface area contributed by atoms with Crippen LogP contribution in [0.5, 0.6) is 5.75 Å². The molecule has 2 aromatic rings. The van der Waals surface area contributed by atoms with Crippen LogP contribution in [-0.4, -0.2) is 16.3 Å². The maximum Gasteiger partial charge on any atom is 0.141 e. The molecule has 0 fully saturated rings. The number of aryl methyl sites for hydroxylation is 1. The predicted molar refractivity (Wildman–Crippen MR) is 64.3 cm³/mol. The third-order valence-electron chi connectivity index (χ3n) is 2.15. The molecule has 1 N–H and O–H groups in total. The van der Waals surface area contributed by atoms with E-state index < -0.39 is 0 Å². The van der Waals surface area contributed by atoms with Crippen molar-refractivity contribution in [3.05, 3.63) is 53.9 Å². The Hall–Kier alpha value is -2.16. The fourth-order valence-corrected chi connectivity index (χ4v) is 1.32. The van der Waals surface area contributed by atoms with E-state index in [4.69, 9.17) is 0 Å². The van der Waals surface area contributed by atoms with Crippen LogP contribution in [0.25, 0.3) is 0 Å². The van der Waals surface area contributed by atoms with Gasteiger partial charge in [-0.3, -0.25) is 9.98 Å². The lowest BCUT2D eigenvalue weighted by molar-refractivity contribution is 0.477. The molecule has 0 radical (unpaired) electrons. The first-order valence-corrected chi connectivity index (χ1v) is 5.00. The first-order chi connectivity index (χ1) is 7.75. The third kappa shape index (κ3) is 2.45. The minimum atomic E-state index is 0.179. The molecule has 3 heteroatoms. The maximum absolute atomic E-state index is 9.58. The zero-order valence-electron chi connectivity index (χ0n) is 8.96. The van der Waals surface area contributed by atoms with Gasteiger partial charge in [0.05, 0.1) is 11.9 Å². The van der Waals surface area contributed by atoms with E-state index >= 15 is 0 Å². The van der Waals surface area contributed by atoms with E-state index in [1.165, 1.54) is 0 Å². The number of aromatic hydroxyl groups is 1. The van der Waals surface area contributed by atoms with E-state index in [2.05, 4.69) is 9.98 Å². The van der Waals surface area contributed by atoms with E-state index in [9.17, 15) is 5.11 Å². The highest BCUT2D eigenvalue weighted by Gasteiger charge is 1.98. The van der Waals surface area contributed by atoms with Gasteiger partial charge >= 0.3 is 0 Å². The number of hydrogen-bond donors (Lipinski definition) is 1. The number of benzene rings is 1. The van der Waals surface area contributed by atoms with Crippen LogP contribution in [0.4, 0.5) is 5.69 Å². The summed E-state index contributed by atoms with van der Waals surface area (Å²) in [6.45, 7) is 1.96. The van der Waals surface area contributed by atoms with Crippen molar-refractivity contribution >= 4 is 11.9 Å². The summed E-state index contributed by atoms with van der Waals surface area (Å²) >= 11 is 0. The summed E-state index contributed by atoms with van der Waals surface area (Å²) in [6, 6.07) is 10.9. The third-order valence-corrected chi connectivity index (χ3v) is 2.15. The highest BCUT2D eigenvalue weighted by Crippen LogP contribution is 2.26. The van der Waals surface area contributed by atoms with Gasteiger partial charge in [0.25, 0.3) is 0 Å². The molecule has 0 saturated heterocycles. The topological polar surface area (TPSA) is 45.5 Å². The molecule has 0 saturated carbocycles. The van der Waals surface area contributed by atoms with Gasteiger partial charge in [0.2, 0.25) is 0 Å². The molecule has 80 valence electrons. The molecule has 0 aliphatic rings. The van der Waals surface area contributed by atoms with E-state index in [0.29, 0.717) is 5.69 Å². The number of aromatic nitrogens is 1. The maximum atomic E-state index is 9.58. The Bertz CT molecular complexity index is 507. The summed E-state index contributed by atoms with van der Waals surface area (Å²) in [5.41, 5.74) is 2.39. The normalized spacial score (nSPS) is 10.8.